The number of nitrogens with zero attached hydrogens (tertiary/aromatic N) is 2. The summed E-state index contributed by atoms with van der Waals surface area (Å²) < 4.78 is 0. The largest absolute Gasteiger partial charge is 0.383 e. The fourth-order valence-electron chi connectivity index (χ4n) is 1.59. The van der Waals surface area contributed by atoms with Gasteiger partial charge < -0.3 is 16.5 Å². The minimum atomic E-state index is 0.346. The summed E-state index contributed by atoms with van der Waals surface area (Å²) in [5.74, 6) is 1.00. The lowest BCUT2D eigenvalue weighted by Gasteiger charge is -2.18. The number of nitrogens with two attached hydrogens (primary N) is 1. The first kappa shape index (κ1) is 16.4. The Bertz CT molecular complexity index is 351. The molecule has 0 aliphatic heterocycles. The second kappa shape index (κ2) is 9.39. The predicted octanol–water partition coefficient (Wildman–Crippen LogP) is 3.07. The van der Waals surface area contributed by atoms with Gasteiger partial charge in [0.2, 0.25) is 0 Å². The molecular weight excluding hydrogens is 226 g/mol. The zero-order valence-corrected chi connectivity index (χ0v) is 11.8. The molecule has 0 aliphatic carbocycles. The Hall–Kier alpha value is -1.65. The summed E-state index contributed by atoms with van der Waals surface area (Å²) in [4.78, 5) is 7.99. The first-order valence-corrected chi connectivity index (χ1v) is 6.60. The van der Waals surface area contributed by atoms with Crippen LogP contribution in [0.15, 0.2) is 6.33 Å². The average molecular weight is 251 g/mol. The molecule has 0 saturated heterocycles. The molecule has 0 radical (unpaired) electrons. The molecular formula is C13H25N5. The summed E-state index contributed by atoms with van der Waals surface area (Å²) in [5.41, 5.74) is 6.25. The minimum absolute atomic E-state index is 0.346. The summed E-state index contributed by atoms with van der Waals surface area (Å²) in [6.45, 7) is 8.28. The third-order valence-electron chi connectivity index (χ3n) is 2.53. The molecule has 1 atom stereocenters. The quantitative estimate of drug-likeness (QED) is 0.678. The van der Waals surface area contributed by atoms with Crippen LogP contribution in [0.1, 0.15) is 52.5 Å². The zero-order chi connectivity index (χ0) is 14.0. The Morgan fingerprint density at radius 1 is 1.39 bits per heavy atom. The van der Waals surface area contributed by atoms with Gasteiger partial charge in [-0.1, -0.05) is 34.1 Å². The van der Waals surface area contributed by atoms with Gasteiger partial charge in [0.1, 0.15) is 18.0 Å². The Labute approximate surface area is 110 Å². The molecule has 5 nitrogen and oxygen atoms in total. The van der Waals surface area contributed by atoms with Crippen molar-refractivity contribution in [1.82, 2.24) is 9.97 Å². The maximum absolute atomic E-state index is 7.30. The number of rotatable bonds is 6. The molecule has 1 rings (SSSR count). The van der Waals surface area contributed by atoms with Gasteiger partial charge in [0.15, 0.2) is 0 Å². The Morgan fingerprint density at radius 2 is 2.06 bits per heavy atom. The van der Waals surface area contributed by atoms with Crippen LogP contribution in [0.3, 0.4) is 0 Å². The van der Waals surface area contributed by atoms with Crippen molar-refractivity contribution in [3.05, 3.63) is 11.9 Å². The van der Waals surface area contributed by atoms with Crippen LogP contribution in [0, 0.1) is 5.41 Å². The molecule has 4 N–H and O–H groups in total. The molecule has 0 saturated carbocycles. The molecule has 1 unspecified atom stereocenters. The van der Waals surface area contributed by atoms with Crippen LogP contribution in [0.4, 0.5) is 11.6 Å². The van der Waals surface area contributed by atoms with Crippen molar-refractivity contribution < 1.29 is 0 Å². The smallest absolute Gasteiger partial charge is 0.140 e. The maximum atomic E-state index is 7.30. The van der Waals surface area contributed by atoms with E-state index in [1.165, 1.54) is 12.5 Å². The summed E-state index contributed by atoms with van der Waals surface area (Å²) in [7, 11) is 0. The van der Waals surface area contributed by atoms with Gasteiger partial charge in [-0.05, 0) is 12.8 Å². The lowest BCUT2D eigenvalue weighted by molar-refractivity contribution is 0.620. The first-order valence-electron chi connectivity index (χ1n) is 6.60. The number of hydrogen-bond acceptors (Lipinski definition) is 5. The van der Waals surface area contributed by atoms with Gasteiger partial charge in [0.05, 0.1) is 5.56 Å². The van der Waals surface area contributed by atoms with Gasteiger partial charge in [-0.15, -0.1) is 0 Å². The summed E-state index contributed by atoms with van der Waals surface area (Å²) in [6.07, 6.45) is 5.83. The van der Waals surface area contributed by atoms with E-state index < -0.39 is 0 Å². The van der Waals surface area contributed by atoms with Gasteiger partial charge in [-0.2, -0.15) is 0 Å². The molecule has 0 fully saturated rings. The van der Waals surface area contributed by atoms with Crippen molar-refractivity contribution in [1.29, 1.82) is 5.41 Å². The molecule has 1 heterocycles. The average Bonchev–Trinajstić information content (AvgIpc) is 2.41. The van der Waals surface area contributed by atoms with Crippen molar-refractivity contribution in [3.63, 3.8) is 0 Å². The topological polar surface area (TPSA) is 87.7 Å². The van der Waals surface area contributed by atoms with Crippen LogP contribution in [-0.2, 0) is 0 Å². The van der Waals surface area contributed by atoms with Gasteiger partial charge >= 0.3 is 0 Å². The van der Waals surface area contributed by atoms with E-state index in [0.717, 1.165) is 19.3 Å². The van der Waals surface area contributed by atoms with Crippen molar-refractivity contribution in [2.24, 2.45) is 0 Å². The van der Waals surface area contributed by atoms with Crippen LogP contribution in [0.2, 0.25) is 0 Å². The minimum Gasteiger partial charge on any atom is -0.383 e. The highest BCUT2D eigenvalue weighted by Gasteiger charge is 2.10. The summed E-state index contributed by atoms with van der Waals surface area (Å²) in [6, 6.07) is 0.373. The molecule has 0 amide bonds. The van der Waals surface area contributed by atoms with E-state index in [1.54, 1.807) is 0 Å². The number of hydrogen-bond donors (Lipinski definition) is 3. The normalized spacial score (nSPS) is 11.1. The fraction of sp³-hybridized carbons (Fsp3) is 0.615. The highest BCUT2D eigenvalue weighted by atomic mass is 15.1. The van der Waals surface area contributed by atoms with E-state index in [2.05, 4.69) is 29.1 Å². The summed E-state index contributed by atoms with van der Waals surface area (Å²) >= 11 is 0. The van der Waals surface area contributed by atoms with E-state index in [1.807, 2.05) is 13.8 Å². The highest BCUT2D eigenvalue weighted by Crippen LogP contribution is 2.17. The van der Waals surface area contributed by atoms with Gasteiger partial charge in [-0.25, -0.2) is 9.97 Å². The van der Waals surface area contributed by atoms with Crippen molar-refractivity contribution in [3.8, 4) is 0 Å². The monoisotopic (exact) mass is 251 g/mol. The third-order valence-corrected chi connectivity index (χ3v) is 2.53. The highest BCUT2D eigenvalue weighted by molar-refractivity contribution is 5.89. The number of nitrogens with one attached hydrogen (secondary N) is 2. The lowest BCUT2D eigenvalue weighted by atomic mass is 10.1. The van der Waals surface area contributed by atoms with E-state index >= 15 is 0 Å². The Morgan fingerprint density at radius 3 is 2.56 bits per heavy atom. The molecule has 1 aromatic heterocycles. The molecule has 0 bridgehead atoms. The second-order valence-electron chi connectivity index (χ2n) is 3.70. The van der Waals surface area contributed by atoms with Gasteiger partial charge in [-0.3, -0.25) is 0 Å². The molecule has 5 heteroatoms. The van der Waals surface area contributed by atoms with Crippen molar-refractivity contribution in [2.75, 3.05) is 11.1 Å². The lowest BCUT2D eigenvalue weighted by Crippen LogP contribution is -2.20. The molecule has 0 spiro atoms. The van der Waals surface area contributed by atoms with Gasteiger partial charge in [0.25, 0.3) is 0 Å². The zero-order valence-electron chi connectivity index (χ0n) is 11.8. The number of anilines is 2. The van der Waals surface area contributed by atoms with Gasteiger partial charge in [0, 0.05) is 12.3 Å². The second-order valence-corrected chi connectivity index (χ2v) is 3.70. The first-order chi connectivity index (χ1) is 8.72. The molecule has 102 valence electrons. The van der Waals surface area contributed by atoms with E-state index in [-0.39, 0.29) is 0 Å². The standard InChI is InChI=1S/C11H19N5.C2H6/c1-3-5-8(4-2)16-11-9(6-12)10(13)14-7-15-11;1-2/h6-8,12H,3-5H2,1-2H3,(H3,13,14,15,16);1-2H3. The van der Waals surface area contributed by atoms with E-state index in [0.29, 0.717) is 23.2 Å². The molecule has 0 aliphatic rings. The van der Waals surface area contributed by atoms with Crippen LogP contribution in [-0.4, -0.2) is 22.2 Å². The maximum Gasteiger partial charge on any atom is 0.140 e. The predicted molar refractivity (Wildman–Crippen MR) is 78.3 cm³/mol. The Kier molecular flexibility index (Phi) is 8.53. The van der Waals surface area contributed by atoms with Crippen LogP contribution < -0.4 is 11.1 Å². The third kappa shape index (κ3) is 4.69. The van der Waals surface area contributed by atoms with E-state index in [4.69, 9.17) is 11.1 Å². The summed E-state index contributed by atoms with van der Waals surface area (Å²) in [5, 5.41) is 10.6. The molecule has 1 aromatic rings. The molecule has 18 heavy (non-hydrogen) atoms. The fourth-order valence-corrected chi connectivity index (χ4v) is 1.59. The SMILES string of the molecule is CC.CCCC(CC)Nc1ncnc(N)c1C=N. The van der Waals surface area contributed by atoms with Crippen LogP contribution in [0.5, 0.6) is 0 Å². The number of nitrogen functional groups attached to an aromatic ring is 1. The number of aromatic nitrogens is 2. The Balaban J connectivity index is 0.00000137. The van der Waals surface area contributed by atoms with Crippen molar-refractivity contribution in [2.45, 2.75) is 53.0 Å². The van der Waals surface area contributed by atoms with Crippen molar-refractivity contribution >= 4 is 17.9 Å². The van der Waals surface area contributed by atoms with Crippen LogP contribution in [0.25, 0.3) is 0 Å². The molecule has 0 aromatic carbocycles. The van der Waals surface area contributed by atoms with E-state index in [9.17, 15) is 0 Å². The van der Waals surface area contributed by atoms with Crippen LogP contribution >= 0.6 is 0 Å².